The second kappa shape index (κ2) is 6.79. The number of nitrogens with one attached hydrogen (secondary N) is 1. The number of methoxy groups -OCH3 is 1. The summed E-state index contributed by atoms with van der Waals surface area (Å²) in [6.45, 7) is 0. The number of fused-ring (bicyclic) bond motifs is 6. The Morgan fingerprint density at radius 2 is 1.89 bits per heavy atom. The second-order valence-electron chi connectivity index (χ2n) is 7.48. The van der Waals surface area contributed by atoms with Crippen molar-refractivity contribution < 1.29 is 13.2 Å². The van der Waals surface area contributed by atoms with E-state index in [4.69, 9.17) is 4.74 Å². The number of hydrogen-bond donors (Lipinski definition) is 1. The third-order valence-corrected chi connectivity index (χ3v) is 7.78. The first-order chi connectivity index (χ1) is 13.0. The molecular formula is C21H23ClN2O3S. The Kier molecular flexibility index (Phi) is 4.68. The molecule has 5 nitrogen and oxygen atoms in total. The first-order valence-electron chi connectivity index (χ1n) is 9.25. The van der Waals surface area contributed by atoms with Gasteiger partial charge in [-0.05, 0) is 54.8 Å². The van der Waals surface area contributed by atoms with Crippen molar-refractivity contribution in [1.29, 1.82) is 0 Å². The number of nitrogens with zero attached hydrogens (tertiary/aromatic N) is 1. The summed E-state index contributed by atoms with van der Waals surface area (Å²) in [5, 5.41) is 4.73. The monoisotopic (exact) mass is 418 g/mol. The quantitative estimate of drug-likeness (QED) is 0.703. The molecule has 2 atom stereocenters. The molecule has 0 spiro atoms. The fourth-order valence-electron chi connectivity index (χ4n) is 4.65. The van der Waals surface area contributed by atoms with E-state index >= 15 is 0 Å². The summed E-state index contributed by atoms with van der Waals surface area (Å²) < 4.78 is 33.8. The Labute approximate surface area is 171 Å². The fraction of sp³-hybridized carbons (Fsp3) is 0.333. The first kappa shape index (κ1) is 19.3. The molecule has 0 amide bonds. The van der Waals surface area contributed by atoms with Crippen LogP contribution in [0.4, 0.5) is 0 Å². The highest BCUT2D eigenvalue weighted by Crippen LogP contribution is 2.42. The van der Waals surface area contributed by atoms with Crippen molar-refractivity contribution in [1.82, 2.24) is 9.88 Å². The molecule has 2 aromatic carbocycles. The number of halogens is 1. The van der Waals surface area contributed by atoms with Crippen molar-refractivity contribution in [2.75, 3.05) is 7.11 Å². The number of benzene rings is 2. The Hall–Kier alpha value is -2.02. The van der Waals surface area contributed by atoms with Crippen molar-refractivity contribution in [3.63, 3.8) is 0 Å². The van der Waals surface area contributed by atoms with Gasteiger partial charge in [-0.2, -0.15) is 0 Å². The zero-order valence-electron chi connectivity index (χ0n) is 15.8. The van der Waals surface area contributed by atoms with Crippen LogP contribution in [0.2, 0.25) is 0 Å². The molecular weight excluding hydrogens is 396 g/mol. The van der Waals surface area contributed by atoms with Gasteiger partial charge in [-0.25, -0.2) is 8.42 Å². The first-order valence-corrected chi connectivity index (χ1v) is 10.7. The average molecular weight is 419 g/mol. The smallest absolute Gasteiger partial charge is 0.206 e. The maximum absolute atomic E-state index is 13.2. The normalized spacial score (nSPS) is 20.6. The molecule has 1 aromatic heterocycles. The molecule has 2 bridgehead atoms. The molecule has 7 heteroatoms. The van der Waals surface area contributed by atoms with Crippen molar-refractivity contribution in [3.8, 4) is 5.75 Å². The van der Waals surface area contributed by atoms with Gasteiger partial charge in [-0.15, -0.1) is 12.4 Å². The minimum Gasteiger partial charge on any atom is -0.497 e. The maximum Gasteiger partial charge on any atom is 0.206 e. The van der Waals surface area contributed by atoms with Crippen LogP contribution in [0, 0.1) is 0 Å². The Morgan fingerprint density at radius 1 is 1.11 bits per heavy atom. The van der Waals surface area contributed by atoms with Crippen LogP contribution in [-0.4, -0.2) is 26.1 Å². The van der Waals surface area contributed by atoms with E-state index in [2.05, 4.69) is 16.9 Å². The van der Waals surface area contributed by atoms with Crippen molar-refractivity contribution in [2.45, 2.75) is 41.1 Å². The molecule has 3 aromatic rings. The average Bonchev–Trinajstić information content (AvgIpc) is 3.20. The summed E-state index contributed by atoms with van der Waals surface area (Å²) in [5.74, 6) is 0.537. The van der Waals surface area contributed by atoms with Crippen LogP contribution in [-0.2, 0) is 23.3 Å². The molecule has 0 radical (unpaired) electrons. The molecule has 2 unspecified atom stereocenters. The Morgan fingerprint density at radius 3 is 2.68 bits per heavy atom. The van der Waals surface area contributed by atoms with E-state index in [9.17, 15) is 8.42 Å². The predicted octanol–water partition coefficient (Wildman–Crippen LogP) is 3.79. The number of aryl methyl sites for hydroxylation is 1. The zero-order chi connectivity index (χ0) is 18.8. The van der Waals surface area contributed by atoms with Gasteiger partial charge in [0.25, 0.3) is 0 Å². The maximum atomic E-state index is 13.2. The predicted molar refractivity (Wildman–Crippen MR) is 111 cm³/mol. The minimum absolute atomic E-state index is 0. The van der Waals surface area contributed by atoms with Crippen LogP contribution in [0.1, 0.15) is 30.1 Å². The summed E-state index contributed by atoms with van der Waals surface area (Å²) in [5.41, 5.74) is 3.72. The summed E-state index contributed by atoms with van der Waals surface area (Å²) in [4.78, 5) is 0.585. The van der Waals surface area contributed by atoms with Gasteiger partial charge in [-0.3, -0.25) is 0 Å². The molecule has 5 rings (SSSR count). The van der Waals surface area contributed by atoms with E-state index in [1.165, 1.54) is 24.8 Å². The van der Waals surface area contributed by atoms with Crippen LogP contribution in [0.3, 0.4) is 0 Å². The standard InChI is InChI=1S/C21H22N2O3S.ClH/c1-23-19-9-7-16(27(24,25)15-5-3-4-14(11-15)26-2)12-17(19)21-18-8-6-13(22-18)10-20(21)23;/h3-5,7,9,11-13,18,22H,6,8,10H2,1-2H3;1H. The molecule has 0 saturated carbocycles. The lowest BCUT2D eigenvalue weighted by molar-refractivity contribution is 0.413. The largest absolute Gasteiger partial charge is 0.497 e. The molecule has 1 fully saturated rings. The number of sulfone groups is 1. The third-order valence-electron chi connectivity index (χ3n) is 6.03. The number of aromatic nitrogens is 1. The van der Waals surface area contributed by atoms with Crippen LogP contribution in [0.25, 0.3) is 10.9 Å². The molecule has 2 aliphatic heterocycles. The van der Waals surface area contributed by atoms with Gasteiger partial charge in [0.1, 0.15) is 5.75 Å². The molecule has 1 N–H and O–H groups in total. The van der Waals surface area contributed by atoms with E-state index in [0.717, 1.165) is 23.7 Å². The lowest BCUT2D eigenvalue weighted by atomic mass is 9.99. The third kappa shape index (κ3) is 2.74. The molecule has 1 saturated heterocycles. The van der Waals surface area contributed by atoms with Crippen LogP contribution >= 0.6 is 12.4 Å². The van der Waals surface area contributed by atoms with E-state index in [-0.39, 0.29) is 17.3 Å². The second-order valence-corrected chi connectivity index (χ2v) is 9.43. The highest BCUT2D eigenvalue weighted by Gasteiger charge is 2.36. The summed E-state index contributed by atoms with van der Waals surface area (Å²) >= 11 is 0. The van der Waals surface area contributed by atoms with E-state index < -0.39 is 9.84 Å². The lowest BCUT2D eigenvalue weighted by Crippen LogP contribution is -2.32. The summed E-state index contributed by atoms with van der Waals surface area (Å²) in [6, 6.07) is 13.0. The van der Waals surface area contributed by atoms with Gasteiger partial charge in [0.2, 0.25) is 9.84 Å². The Bertz CT molecular complexity index is 1170. The Balaban J connectivity index is 0.00000192. The van der Waals surface area contributed by atoms with Gasteiger partial charge in [0.05, 0.1) is 16.9 Å². The zero-order valence-corrected chi connectivity index (χ0v) is 17.4. The van der Waals surface area contributed by atoms with Gasteiger partial charge in [0, 0.05) is 42.1 Å². The number of ether oxygens (including phenoxy) is 1. The number of hydrogen-bond acceptors (Lipinski definition) is 4. The summed E-state index contributed by atoms with van der Waals surface area (Å²) in [7, 11) is 0.0193. The van der Waals surface area contributed by atoms with Crippen molar-refractivity contribution in [2.24, 2.45) is 7.05 Å². The van der Waals surface area contributed by atoms with E-state index in [1.807, 2.05) is 12.1 Å². The van der Waals surface area contributed by atoms with Crippen LogP contribution in [0.15, 0.2) is 52.3 Å². The molecule has 2 aliphatic rings. The van der Waals surface area contributed by atoms with Gasteiger partial charge in [0.15, 0.2) is 0 Å². The van der Waals surface area contributed by atoms with E-state index in [0.29, 0.717) is 22.7 Å². The number of rotatable bonds is 3. The SMILES string of the molecule is COc1cccc(S(=O)(=O)c2ccc3c(c2)c2c(n3C)CC3CCC2N3)c1.Cl. The topological polar surface area (TPSA) is 60.3 Å². The molecule has 0 aliphatic carbocycles. The molecule has 28 heavy (non-hydrogen) atoms. The van der Waals surface area contributed by atoms with E-state index in [1.54, 1.807) is 30.3 Å². The highest BCUT2D eigenvalue weighted by molar-refractivity contribution is 7.91. The highest BCUT2D eigenvalue weighted by atomic mass is 35.5. The van der Waals surface area contributed by atoms with Gasteiger partial charge >= 0.3 is 0 Å². The van der Waals surface area contributed by atoms with Gasteiger partial charge < -0.3 is 14.6 Å². The van der Waals surface area contributed by atoms with Crippen LogP contribution < -0.4 is 10.1 Å². The molecule has 3 heterocycles. The van der Waals surface area contributed by atoms with Crippen LogP contribution in [0.5, 0.6) is 5.75 Å². The van der Waals surface area contributed by atoms with Gasteiger partial charge in [-0.1, -0.05) is 6.07 Å². The van der Waals surface area contributed by atoms with Crippen molar-refractivity contribution in [3.05, 3.63) is 53.7 Å². The minimum atomic E-state index is -3.60. The summed E-state index contributed by atoms with van der Waals surface area (Å²) in [6.07, 6.45) is 3.31. The molecule has 148 valence electrons. The fourth-order valence-corrected chi connectivity index (χ4v) is 5.97. The van der Waals surface area contributed by atoms with Crippen molar-refractivity contribution >= 4 is 33.1 Å². The lowest BCUT2D eigenvalue weighted by Gasteiger charge is -2.23.